The first-order valence-corrected chi connectivity index (χ1v) is 5.92. The number of carbonyl (C=O) groups is 1. The lowest BCUT2D eigenvalue weighted by Crippen LogP contribution is -2.44. The third-order valence-electron chi connectivity index (χ3n) is 3.44. The second-order valence-electron chi connectivity index (χ2n) is 4.64. The zero-order valence-electron chi connectivity index (χ0n) is 10.2. The van der Waals surface area contributed by atoms with Crippen molar-refractivity contribution >= 4 is 11.9 Å². The maximum absolute atomic E-state index is 10.9. The molecule has 17 heavy (non-hydrogen) atoms. The molecule has 5 heteroatoms. The van der Waals surface area contributed by atoms with E-state index in [1.54, 1.807) is 6.92 Å². The number of rotatable bonds is 4. The van der Waals surface area contributed by atoms with Crippen LogP contribution in [0, 0.1) is 6.92 Å². The molecule has 1 saturated carbocycles. The van der Waals surface area contributed by atoms with Gasteiger partial charge in [-0.3, -0.25) is 0 Å². The predicted octanol–water partition coefficient (Wildman–Crippen LogP) is 2.23. The monoisotopic (exact) mass is 235 g/mol. The minimum Gasteiger partial charge on any atom is -0.477 e. The topological polar surface area (TPSA) is 75.1 Å². The highest BCUT2D eigenvalue weighted by Gasteiger charge is 2.35. The molecule has 1 aromatic rings. The van der Waals surface area contributed by atoms with E-state index in [9.17, 15) is 4.79 Å². The van der Waals surface area contributed by atoms with E-state index in [4.69, 9.17) is 5.11 Å². The van der Waals surface area contributed by atoms with Crippen molar-refractivity contribution in [1.82, 2.24) is 9.97 Å². The molecule has 1 aliphatic carbocycles. The average Bonchev–Trinajstić information content (AvgIpc) is 2.22. The second kappa shape index (κ2) is 4.31. The number of aromatic carboxylic acids is 1. The third-order valence-corrected chi connectivity index (χ3v) is 3.44. The Morgan fingerprint density at radius 1 is 1.53 bits per heavy atom. The fourth-order valence-corrected chi connectivity index (χ4v) is 2.14. The number of hydrogen-bond acceptors (Lipinski definition) is 4. The van der Waals surface area contributed by atoms with Gasteiger partial charge in [-0.1, -0.05) is 6.92 Å². The fourth-order valence-electron chi connectivity index (χ4n) is 2.14. The van der Waals surface area contributed by atoms with E-state index in [0.29, 0.717) is 11.6 Å². The van der Waals surface area contributed by atoms with Crippen molar-refractivity contribution < 1.29 is 9.90 Å². The van der Waals surface area contributed by atoms with Crippen molar-refractivity contribution in [3.8, 4) is 0 Å². The van der Waals surface area contributed by atoms with Gasteiger partial charge >= 0.3 is 5.97 Å². The van der Waals surface area contributed by atoms with Crippen LogP contribution < -0.4 is 5.32 Å². The summed E-state index contributed by atoms with van der Waals surface area (Å²) >= 11 is 0. The van der Waals surface area contributed by atoms with Gasteiger partial charge in [0, 0.05) is 11.2 Å². The Bertz CT molecular complexity index is 436. The first-order chi connectivity index (χ1) is 8.04. The Hall–Kier alpha value is -1.65. The van der Waals surface area contributed by atoms with Gasteiger partial charge in [0.05, 0.1) is 0 Å². The highest BCUT2D eigenvalue weighted by atomic mass is 16.4. The summed E-state index contributed by atoms with van der Waals surface area (Å²) in [5, 5.41) is 12.2. The van der Waals surface area contributed by atoms with Crippen molar-refractivity contribution in [1.29, 1.82) is 0 Å². The van der Waals surface area contributed by atoms with Gasteiger partial charge in [-0.05, 0) is 38.7 Å². The van der Waals surface area contributed by atoms with Gasteiger partial charge in [0.2, 0.25) is 5.95 Å². The largest absolute Gasteiger partial charge is 0.477 e. The molecule has 1 aromatic heterocycles. The molecule has 0 atom stereocenters. The summed E-state index contributed by atoms with van der Waals surface area (Å²) in [5.74, 6) is -0.582. The van der Waals surface area contributed by atoms with E-state index in [2.05, 4.69) is 22.2 Å². The summed E-state index contributed by atoms with van der Waals surface area (Å²) in [4.78, 5) is 19.2. The zero-order valence-corrected chi connectivity index (χ0v) is 10.2. The maximum atomic E-state index is 10.9. The van der Waals surface area contributed by atoms with Crippen LogP contribution in [0.3, 0.4) is 0 Å². The Morgan fingerprint density at radius 3 is 2.71 bits per heavy atom. The molecule has 0 saturated heterocycles. The number of aryl methyl sites for hydroxylation is 1. The van der Waals surface area contributed by atoms with Crippen LogP contribution in [0.2, 0.25) is 0 Å². The number of carboxylic acids is 1. The molecule has 0 amide bonds. The van der Waals surface area contributed by atoms with Crippen LogP contribution >= 0.6 is 0 Å². The van der Waals surface area contributed by atoms with Crippen molar-refractivity contribution in [2.24, 2.45) is 0 Å². The molecule has 1 fully saturated rings. The van der Waals surface area contributed by atoms with Gasteiger partial charge in [-0.25, -0.2) is 14.8 Å². The molecule has 2 rings (SSSR count). The van der Waals surface area contributed by atoms with Crippen LogP contribution in [0.1, 0.15) is 48.8 Å². The van der Waals surface area contributed by atoms with Crippen LogP contribution in [0.5, 0.6) is 0 Å². The number of carboxylic acid groups (broad SMARTS) is 1. The van der Waals surface area contributed by atoms with Crippen LogP contribution in [0.15, 0.2) is 6.07 Å². The molecular formula is C12H17N3O2. The van der Waals surface area contributed by atoms with E-state index in [1.807, 2.05) is 0 Å². The van der Waals surface area contributed by atoms with Gasteiger partial charge in [0.1, 0.15) is 0 Å². The Labute approximate surface area is 100 Å². The summed E-state index contributed by atoms with van der Waals surface area (Å²) in [7, 11) is 0. The molecular weight excluding hydrogens is 218 g/mol. The van der Waals surface area contributed by atoms with Crippen LogP contribution in [-0.4, -0.2) is 26.6 Å². The molecule has 0 radical (unpaired) electrons. The third kappa shape index (κ3) is 2.38. The Morgan fingerprint density at radius 2 is 2.24 bits per heavy atom. The number of nitrogens with one attached hydrogen (secondary N) is 1. The summed E-state index contributed by atoms with van der Waals surface area (Å²) in [5.41, 5.74) is 0.792. The molecule has 1 heterocycles. The molecule has 0 unspecified atom stereocenters. The second-order valence-corrected chi connectivity index (χ2v) is 4.64. The van der Waals surface area contributed by atoms with Gasteiger partial charge in [0.15, 0.2) is 5.69 Å². The van der Waals surface area contributed by atoms with E-state index in [-0.39, 0.29) is 11.2 Å². The van der Waals surface area contributed by atoms with Crippen molar-refractivity contribution in [3.05, 3.63) is 17.5 Å². The van der Waals surface area contributed by atoms with Gasteiger partial charge in [-0.2, -0.15) is 0 Å². The zero-order chi connectivity index (χ0) is 12.5. The van der Waals surface area contributed by atoms with Crippen molar-refractivity contribution in [3.63, 3.8) is 0 Å². The van der Waals surface area contributed by atoms with Gasteiger partial charge in [0.25, 0.3) is 0 Å². The number of nitrogens with zero attached hydrogens (tertiary/aromatic N) is 2. The molecule has 2 N–H and O–H groups in total. The van der Waals surface area contributed by atoms with Crippen LogP contribution in [0.4, 0.5) is 5.95 Å². The van der Waals surface area contributed by atoms with E-state index in [0.717, 1.165) is 19.3 Å². The molecule has 5 nitrogen and oxygen atoms in total. The number of anilines is 1. The Kier molecular flexibility index (Phi) is 3.00. The quantitative estimate of drug-likeness (QED) is 0.837. The maximum Gasteiger partial charge on any atom is 0.354 e. The lowest BCUT2D eigenvalue weighted by molar-refractivity contribution is 0.0690. The molecule has 0 aliphatic heterocycles. The standard InChI is InChI=1S/C12H17N3O2/c1-3-12(5-4-6-12)15-11-13-8(2)7-9(14-11)10(16)17/h7H,3-6H2,1-2H3,(H,16,17)(H,13,14,15). The molecule has 0 aromatic carbocycles. The number of hydrogen-bond donors (Lipinski definition) is 2. The summed E-state index contributed by atoms with van der Waals surface area (Å²) in [6.07, 6.45) is 4.41. The molecule has 1 aliphatic rings. The van der Waals surface area contributed by atoms with Crippen LogP contribution in [-0.2, 0) is 0 Å². The minimum atomic E-state index is -1.02. The van der Waals surface area contributed by atoms with E-state index in [1.165, 1.54) is 12.5 Å². The summed E-state index contributed by atoms with van der Waals surface area (Å²) in [6, 6.07) is 1.48. The predicted molar refractivity (Wildman–Crippen MR) is 64.2 cm³/mol. The first kappa shape index (κ1) is 11.8. The fraction of sp³-hybridized carbons (Fsp3) is 0.583. The SMILES string of the molecule is CCC1(Nc2nc(C)cc(C(=O)O)n2)CCC1. The lowest BCUT2D eigenvalue weighted by Gasteiger charge is -2.42. The molecule has 0 bridgehead atoms. The Balaban J connectivity index is 2.23. The normalized spacial score (nSPS) is 17.3. The molecule has 0 spiro atoms. The van der Waals surface area contributed by atoms with Gasteiger partial charge < -0.3 is 10.4 Å². The smallest absolute Gasteiger partial charge is 0.354 e. The van der Waals surface area contributed by atoms with E-state index < -0.39 is 5.97 Å². The first-order valence-electron chi connectivity index (χ1n) is 5.92. The molecule has 92 valence electrons. The average molecular weight is 235 g/mol. The van der Waals surface area contributed by atoms with Crippen molar-refractivity contribution in [2.45, 2.75) is 45.1 Å². The van der Waals surface area contributed by atoms with Crippen LogP contribution in [0.25, 0.3) is 0 Å². The van der Waals surface area contributed by atoms with Crippen molar-refractivity contribution in [2.75, 3.05) is 5.32 Å². The summed E-state index contributed by atoms with van der Waals surface area (Å²) in [6.45, 7) is 3.90. The highest BCUT2D eigenvalue weighted by Crippen LogP contribution is 2.37. The van der Waals surface area contributed by atoms with Gasteiger partial charge in [-0.15, -0.1) is 0 Å². The lowest BCUT2D eigenvalue weighted by atomic mass is 9.75. The highest BCUT2D eigenvalue weighted by molar-refractivity contribution is 5.85. The summed E-state index contributed by atoms with van der Waals surface area (Å²) < 4.78 is 0. The minimum absolute atomic E-state index is 0.0468. The number of aromatic nitrogens is 2. The van der Waals surface area contributed by atoms with E-state index >= 15 is 0 Å².